The van der Waals surface area contributed by atoms with Crippen LogP contribution in [0.5, 0.6) is 0 Å². The van der Waals surface area contributed by atoms with Crippen molar-refractivity contribution in [3.05, 3.63) is 12.2 Å². The van der Waals surface area contributed by atoms with Gasteiger partial charge in [0.05, 0.1) is 25.4 Å². The number of esters is 1. The van der Waals surface area contributed by atoms with E-state index in [0.717, 1.165) is 44.9 Å². The Hall–Kier alpha value is -1.40. The lowest BCUT2D eigenvalue weighted by Gasteiger charge is -2.22. The van der Waals surface area contributed by atoms with Gasteiger partial charge in [0.1, 0.15) is 0 Å². The third-order valence-corrected chi connectivity index (χ3v) is 15.6. The summed E-state index contributed by atoms with van der Waals surface area (Å²) >= 11 is 0. The summed E-state index contributed by atoms with van der Waals surface area (Å²) in [5, 5.41) is 23.4. The van der Waals surface area contributed by atoms with Crippen LogP contribution in [0.3, 0.4) is 0 Å². The minimum atomic E-state index is -0.663. The van der Waals surface area contributed by atoms with E-state index in [2.05, 4.69) is 31.3 Å². The Morgan fingerprint density at radius 1 is 0.375 bits per heavy atom. The van der Waals surface area contributed by atoms with Crippen LogP contribution in [0.15, 0.2) is 12.2 Å². The summed E-state index contributed by atoms with van der Waals surface area (Å²) in [5.74, 6) is -0.0224. The third kappa shape index (κ3) is 57.9. The highest BCUT2D eigenvalue weighted by molar-refractivity contribution is 5.76. The first-order valence-electron chi connectivity index (χ1n) is 32.9. The molecular weight excluding hydrogens is 887 g/mol. The molecule has 0 aromatic rings. The second-order valence-electron chi connectivity index (χ2n) is 22.8. The molecule has 0 aliphatic heterocycles. The fourth-order valence-corrected chi connectivity index (χ4v) is 10.5. The van der Waals surface area contributed by atoms with Gasteiger partial charge in [0.25, 0.3) is 0 Å². The van der Waals surface area contributed by atoms with Crippen molar-refractivity contribution >= 4 is 11.9 Å². The average molecular weight is 1020 g/mol. The molecule has 2 unspecified atom stereocenters. The molecule has 1 amide bonds. The number of amides is 1. The maximum atomic E-state index is 12.5. The van der Waals surface area contributed by atoms with E-state index in [1.54, 1.807) is 0 Å². The topological polar surface area (TPSA) is 95.9 Å². The summed E-state index contributed by atoms with van der Waals surface area (Å²) in [6.45, 7) is 4.96. The summed E-state index contributed by atoms with van der Waals surface area (Å²) in [6.07, 6.45) is 75.2. The molecule has 0 fully saturated rings. The Kier molecular flexibility index (Phi) is 60.9. The number of nitrogens with one attached hydrogen (secondary N) is 1. The Morgan fingerprint density at radius 2 is 0.653 bits per heavy atom. The van der Waals surface area contributed by atoms with Gasteiger partial charge in [-0.05, 0) is 51.4 Å². The first kappa shape index (κ1) is 70.6. The van der Waals surface area contributed by atoms with Gasteiger partial charge in [-0.15, -0.1) is 0 Å². The van der Waals surface area contributed by atoms with Gasteiger partial charge in [-0.3, -0.25) is 9.59 Å². The molecule has 0 aliphatic carbocycles. The van der Waals surface area contributed by atoms with E-state index in [9.17, 15) is 19.8 Å². The number of rotatable bonds is 62. The van der Waals surface area contributed by atoms with Gasteiger partial charge in [-0.25, -0.2) is 0 Å². The van der Waals surface area contributed by atoms with Crippen LogP contribution in [0.2, 0.25) is 0 Å². The van der Waals surface area contributed by atoms with E-state index in [0.29, 0.717) is 25.9 Å². The molecule has 72 heavy (non-hydrogen) atoms. The Morgan fingerprint density at radius 3 is 1.01 bits per heavy atom. The molecule has 0 aromatic heterocycles. The quantitative estimate of drug-likeness (QED) is 0.0320. The van der Waals surface area contributed by atoms with Crippen molar-refractivity contribution in [3.63, 3.8) is 0 Å². The van der Waals surface area contributed by atoms with Gasteiger partial charge < -0.3 is 20.3 Å². The zero-order valence-electron chi connectivity index (χ0n) is 48.9. The monoisotopic (exact) mass is 1020 g/mol. The average Bonchev–Trinajstić information content (AvgIpc) is 3.38. The number of unbranched alkanes of at least 4 members (excludes halogenated alkanes) is 49. The number of allylic oxidation sites excluding steroid dienone is 2. The highest BCUT2D eigenvalue weighted by Gasteiger charge is 2.20. The Bertz CT molecular complexity index is 1080. The molecule has 6 heteroatoms. The van der Waals surface area contributed by atoms with Crippen molar-refractivity contribution < 1.29 is 24.5 Å². The molecular formula is C66H129NO5. The molecule has 0 rings (SSSR count). The second-order valence-corrected chi connectivity index (χ2v) is 22.8. The highest BCUT2D eigenvalue weighted by atomic mass is 16.5. The maximum absolute atomic E-state index is 12.5. The summed E-state index contributed by atoms with van der Waals surface area (Å²) in [7, 11) is 0. The van der Waals surface area contributed by atoms with Crippen molar-refractivity contribution in [1.29, 1.82) is 0 Å². The molecule has 0 heterocycles. The second kappa shape index (κ2) is 62.1. The van der Waals surface area contributed by atoms with Crippen molar-refractivity contribution in [2.24, 2.45) is 0 Å². The van der Waals surface area contributed by atoms with Crippen LogP contribution in [-0.2, 0) is 14.3 Å². The van der Waals surface area contributed by atoms with Crippen LogP contribution in [0.25, 0.3) is 0 Å². The molecule has 0 aromatic carbocycles. The van der Waals surface area contributed by atoms with Crippen LogP contribution in [0.1, 0.15) is 373 Å². The van der Waals surface area contributed by atoms with Crippen LogP contribution < -0.4 is 5.32 Å². The standard InChI is InChI=1S/C66H129NO5/c1-3-5-7-9-11-13-15-17-18-19-29-32-35-38-42-46-50-54-58-64(69)63(62-68)67-65(70)59-55-51-47-43-39-36-33-30-27-25-23-21-20-22-24-26-28-31-34-37-41-45-49-53-57-61-72-66(71)60-56-52-48-44-40-16-14-12-10-8-6-4-2/h12,14,63-64,68-69H,3-11,13,15-62H2,1-2H3,(H,67,70)/b14-12-. The fourth-order valence-electron chi connectivity index (χ4n) is 10.5. The van der Waals surface area contributed by atoms with Crippen molar-refractivity contribution in [2.75, 3.05) is 13.2 Å². The van der Waals surface area contributed by atoms with Crippen molar-refractivity contribution in [3.8, 4) is 0 Å². The van der Waals surface area contributed by atoms with E-state index in [-0.39, 0.29) is 18.5 Å². The van der Waals surface area contributed by atoms with Crippen LogP contribution in [0, 0.1) is 0 Å². The van der Waals surface area contributed by atoms with E-state index >= 15 is 0 Å². The van der Waals surface area contributed by atoms with E-state index < -0.39 is 12.1 Å². The number of carbonyl (C=O) groups is 2. The number of ether oxygens (including phenoxy) is 1. The van der Waals surface area contributed by atoms with E-state index in [4.69, 9.17) is 4.74 Å². The Labute approximate surface area is 450 Å². The Balaban J connectivity index is 3.36. The molecule has 0 bridgehead atoms. The van der Waals surface area contributed by atoms with Gasteiger partial charge in [0.2, 0.25) is 5.91 Å². The van der Waals surface area contributed by atoms with Gasteiger partial charge in [0, 0.05) is 12.8 Å². The normalized spacial score (nSPS) is 12.6. The molecule has 3 N–H and O–H groups in total. The minimum Gasteiger partial charge on any atom is -0.466 e. The van der Waals surface area contributed by atoms with Crippen LogP contribution >= 0.6 is 0 Å². The molecule has 2 atom stereocenters. The summed E-state index contributed by atoms with van der Waals surface area (Å²) in [4.78, 5) is 24.5. The van der Waals surface area contributed by atoms with Gasteiger partial charge >= 0.3 is 5.97 Å². The first-order valence-corrected chi connectivity index (χ1v) is 32.9. The molecule has 0 saturated heterocycles. The van der Waals surface area contributed by atoms with Gasteiger partial charge in [-0.2, -0.15) is 0 Å². The number of aliphatic hydroxyl groups excluding tert-OH is 2. The van der Waals surface area contributed by atoms with Crippen LogP contribution in [0.4, 0.5) is 0 Å². The summed E-state index contributed by atoms with van der Waals surface area (Å²) in [5.41, 5.74) is 0. The molecule has 0 radical (unpaired) electrons. The first-order chi connectivity index (χ1) is 35.5. The van der Waals surface area contributed by atoms with E-state index in [1.807, 2.05) is 0 Å². The number of hydrogen-bond donors (Lipinski definition) is 3. The number of aliphatic hydroxyl groups is 2. The molecule has 428 valence electrons. The number of carbonyl (C=O) groups excluding carboxylic acids is 2. The maximum Gasteiger partial charge on any atom is 0.305 e. The summed E-state index contributed by atoms with van der Waals surface area (Å²) < 4.78 is 5.47. The van der Waals surface area contributed by atoms with Crippen LogP contribution in [-0.4, -0.2) is 47.4 Å². The van der Waals surface area contributed by atoms with Crippen molar-refractivity contribution in [1.82, 2.24) is 5.32 Å². The molecule has 0 spiro atoms. The number of hydrogen-bond acceptors (Lipinski definition) is 5. The van der Waals surface area contributed by atoms with Crippen molar-refractivity contribution in [2.45, 2.75) is 386 Å². The predicted molar refractivity (Wildman–Crippen MR) is 315 cm³/mol. The molecule has 0 saturated carbocycles. The zero-order chi connectivity index (χ0) is 52.2. The zero-order valence-corrected chi connectivity index (χ0v) is 48.9. The van der Waals surface area contributed by atoms with Gasteiger partial charge in [-0.1, -0.05) is 321 Å². The van der Waals surface area contributed by atoms with E-state index in [1.165, 1.54) is 295 Å². The summed E-state index contributed by atoms with van der Waals surface area (Å²) in [6, 6.07) is -0.540. The molecule has 0 aliphatic rings. The largest absolute Gasteiger partial charge is 0.466 e. The fraction of sp³-hybridized carbons (Fsp3) is 0.939. The third-order valence-electron chi connectivity index (χ3n) is 15.6. The predicted octanol–water partition coefficient (Wildman–Crippen LogP) is 20.8. The lowest BCUT2D eigenvalue weighted by molar-refractivity contribution is -0.143. The smallest absolute Gasteiger partial charge is 0.305 e. The lowest BCUT2D eigenvalue weighted by atomic mass is 10.0. The highest BCUT2D eigenvalue weighted by Crippen LogP contribution is 2.19. The SMILES string of the molecule is CCCCC/C=C\CCCCCCCC(=O)OCCCCCCCCCCCCCCCCCCCCCCCCCCCC(=O)NC(CO)C(O)CCCCCCCCCCCCCCCCCCCC. The minimum absolute atomic E-state index is 0.00707. The lowest BCUT2D eigenvalue weighted by Crippen LogP contribution is -2.45. The molecule has 6 nitrogen and oxygen atoms in total. The van der Waals surface area contributed by atoms with Gasteiger partial charge in [0.15, 0.2) is 0 Å².